The van der Waals surface area contributed by atoms with Gasteiger partial charge >= 0.3 is 6.03 Å². The Labute approximate surface area is 127 Å². The Morgan fingerprint density at radius 3 is 2.48 bits per heavy atom. The minimum absolute atomic E-state index is 0.183. The zero-order chi connectivity index (χ0) is 15.1. The monoisotopic (exact) mass is 314 g/mol. The van der Waals surface area contributed by atoms with E-state index in [1.165, 1.54) is 12.8 Å². The minimum atomic E-state index is -2.50. The van der Waals surface area contributed by atoms with Crippen LogP contribution in [0.25, 0.3) is 0 Å². The zero-order valence-corrected chi connectivity index (χ0v) is 12.6. The molecule has 2 amide bonds. The van der Waals surface area contributed by atoms with Crippen LogP contribution in [-0.2, 0) is 0 Å². The van der Waals surface area contributed by atoms with Crippen LogP contribution in [-0.4, -0.2) is 17.8 Å². The maximum atomic E-state index is 12.5. The fourth-order valence-electron chi connectivity index (χ4n) is 2.54. The molecular formula is C15H20F2N2OS. The summed E-state index contributed by atoms with van der Waals surface area (Å²) in [6.45, 7) is 0. The molecule has 2 rings (SSSR count). The molecular weight excluding hydrogens is 294 g/mol. The summed E-state index contributed by atoms with van der Waals surface area (Å²) >= 11 is 0.441. The van der Waals surface area contributed by atoms with Crippen LogP contribution in [0.3, 0.4) is 0 Å². The molecule has 116 valence electrons. The van der Waals surface area contributed by atoms with E-state index in [1.807, 2.05) is 0 Å². The van der Waals surface area contributed by atoms with E-state index in [4.69, 9.17) is 0 Å². The zero-order valence-electron chi connectivity index (χ0n) is 11.8. The summed E-state index contributed by atoms with van der Waals surface area (Å²) in [6.07, 6.45) is 6.66. The first-order valence-corrected chi connectivity index (χ1v) is 8.14. The molecule has 21 heavy (non-hydrogen) atoms. The Kier molecular flexibility index (Phi) is 6.29. The van der Waals surface area contributed by atoms with Gasteiger partial charge in [-0.1, -0.05) is 49.6 Å². The summed E-state index contributed by atoms with van der Waals surface area (Å²) in [4.78, 5) is 12.4. The lowest BCUT2D eigenvalue weighted by Gasteiger charge is -2.17. The Hall–Kier alpha value is -1.30. The third kappa shape index (κ3) is 5.53. The highest BCUT2D eigenvalue weighted by molar-refractivity contribution is 7.99. The van der Waals surface area contributed by atoms with Gasteiger partial charge in [0.25, 0.3) is 5.76 Å². The predicted octanol–water partition coefficient (Wildman–Crippen LogP) is 4.85. The van der Waals surface area contributed by atoms with Crippen LogP contribution < -0.4 is 10.6 Å². The number of rotatable bonds is 4. The number of para-hydroxylation sites is 1. The number of thioether (sulfide) groups is 1. The van der Waals surface area contributed by atoms with E-state index in [-0.39, 0.29) is 12.1 Å². The first kappa shape index (κ1) is 16.1. The number of urea groups is 1. The lowest BCUT2D eigenvalue weighted by Crippen LogP contribution is -2.37. The maximum absolute atomic E-state index is 12.5. The lowest BCUT2D eigenvalue weighted by atomic mass is 10.1. The van der Waals surface area contributed by atoms with Gasteiger partial charge in [0.15, 0.2) is 0 Å². The van der Waals surface area contributed by atoms with Crippen molar-refractivity contribution in [1.29, 1.82) is 0 Å². The Balaban J connectivity index is 1.92. The predicted molar refractivity (Wildman–Crippen MR) is 81.9 cm³/mol. The molecule has 0 aliphatic heterocycles. The van der Waals surface area contributed by atoms with E-state index < -0.39 is 5.76 Å². The van der Waals surface area contributed by atoms with Crippen LogP contribution in [0, 0.1) is 0 Å². The van der Waals surface area contributed by atoms with E-state index in [2.05, 4.69) is 10.6 Å². The van der Waals surface area contributed by atoms with Crippen molar-refractivity contribution in [3.8, 4) is 0 Å². The minimum Gasteiger partial charge on any atom is -0.335 e. The Bertz CT molecular complexity index is 463. The number of carbonyl (C=O) groups excluding carboxylic acids is 1. The third-order valence-corrected chi connectivity index (χ3v) is 4.33. The molecule has 1 aromatic carbocycles. The van der Waals surface area contributed by atoms with Crippen molar-refractivity contribution in [2.24, 2.45) is 0 Å². The average molecular weight is 314 g/mol. The normalized spacial score (nSPS) is 16.5. The molecule has 1 aliphatic carbocycles. The first-order valence-electron chi connectivity index (χ1n) is 7.26. The summed E-state index contributed by atoms with van der Waals surface area (Å²) < 4.78 is 25.0. The summed E-state index contributed by atoms with van der Waals surface area (Å²) in [5.41, 5.74) is 0.425. The second kappa shape index (κ2) is 8.22. The second-order valence-corrected chi connectivity index (χ2v) is 6.19. The number of carbonyl (C=O) groups is 1. The van der Waals surface area contributed by atoms with Gasteiger partial charge < -0.3 is 10.6 Å². The Morgan fingerprint density at radius 2 is 1.81 bits per heavy atom. The van der Waals surface area contributed by atoms with Crippen LogP contribution in [0.2, 0.25) is 0 Å². The van der Waals surface area contributed by atoms with E-state index in [0.29, 0.717) is 22.3 Å². The van der Waals surface area contributed by atoms with E-state index in [9.17, 15) is 13.6 Å². The van der Waals surface area contributed by atoms with Crippen molar-refractivity contribution < 1.29 is 13.6 Å². The molecule has 2 N–H and O–H groups in total. The van der Waals surface area contributed by atoms with E-state index in [0.717, 1.165) is 25.7 Å². The molecule has 0 bridgehead atoms. The van der Waals surface area contributed by atoms with Gasteiger partial charge in [0.1, 0.15) is 0 Å². The molecule has 6 heteroatoms. The second-order valence-electron chi connectivity index (χ2n) is 5.16. The highest BCUT2D eigenvalue weighted by Gasteiger charge is 2.16. The summed E-state index contributed by atoms with van der Waals surface area (Å²) in [5.74, 6) is -2.50. The molecule has 1 aromatic rings. The SMILES string of the molecule is O=C(Nc1ccccc1SC(F)F)NC1CCCCCC1. The largest absolute Gasteiger partial charge is 0.335 e. The quantitative estimate of drug-likeness (QED) is 0.616. The number of benzene rings is 1. The molecule has 0 atom stereocenters. The van der Waals surface area contributed by atoms with Gasteiger partial charge in [-0.25, -0.2) is 4.79 Å². The van der Waals surface area contributed by atoms with Gasteiger partial charge in [0.2, 0.25) is 0 Å². The van der Waals surface area contributed by atoms with Crippen molar-refractivity contribution in [2.45, 2.75) is 55.2 Å². The van der Waals surface area contributed by atoms with Crippen molar-refractivity contribution in [3.63, 3.8) is 0 Å². The number of alkyl halides is 2. The topological polar surface area (TPSA) is 41.1 Å². The van der Waals surface area contributed by atoms with Crippen molar-refractivity contribution in [3.05, 3.63) is 24.3 Å². The van der Waals surface area contributed by atoms with Crippen LogP contribution in [0.4, 0.5) is 19.3 Å². The van der Waals surface area contributed by atoms with Crippen LogP contribution >= 0.6 is 11.8 Å². The Morgan fingerprint density at radius 1 is 1.14 bits per heavy atom. The molecule has 1 aliphatic rings. The molecule has 1 saturated carbocycles. The van der Waals surface area contributed by atoms with Gasteiger partial charge in [0.05, 0.1) is 5.69 Å². The van der Waals surface area contributed by atoms with Gasteiger partial charge in [0, 0.05) is 10.9 Å². The third-order valence-electron chi connectivity index (χ3n) is 3.54. The number of nitrogens with one attached hydrogen (secondary N) is 2. The molecule has 3 nitrogen and oxygen atoms in total. The summed E-state index contributed by atoms with van der Waals surface area (Å²) in [6, 6.07) is 6.48. The smallest absolute Gasteiger partial charge is 0.319 e. The molecule has 0 heterocycles. The van der Waals surface area contributed by atoms with Gasteiger partial charge in [-0.15, -0.1) is 0 Å². The summed E-state index contributed by atoms with van der Waals surface area (Å²) in [7, 11) is 0. The molecule has 0 saturated heterocycles. The standard InChI is InChI=1S/C15H20F2N2OS/c16-14(17)21-13-10-6-5-9-12(13)19-15(20)18-11-7-3-1-2-4-8-11/h5-6,9-11,14H,1-4,7-8H2,(H2,18,19,20). The van der Waals surface area contributed by atoms with Gasteiger partial charge in [-0.05, 0) is 25.0 Å². The maximum Gasteiger partial charge on any atom is 0.319 e. The van der Waals surface area contributed by atoms with Crippen molar-refractivity contribution in [2.75, 3.05) is 5.32 Å². The fourth-order valence-corrected chi connectivity index (χ4v) is 3.13. The lowest BCUT2D eigenvalue weighted by molar-refractivity contribution is 0.246. The van der Waals surface area contributed by atoms with Crippen molar-refractivity contribution in [1.82, 2.24) is 5.32 Å². The highest BCUT2D eigenvalue weighted by atomic mass is 32.2. The number of anilines is 1. The fraction of sp³-hybridized carbons (Fsp3) is 0.533. The molecule has 0 spiro atoms. The van der Waals surface area contributed by atoms with Crippen LogP contribution in [0.15, 0.2) is 29.2 Å². The van der Waals surface area contributed by atoms with E-state index >= 15 is 0 Å². The number of amides is 2. The molecule has 0 unspecified atom stereocenters. The highest BCUT2D eigenvalue weighted by Crippen LogP contribution is 2.31. The number of hydrogen-bond acceptors (Lipinski definition) is 2. The van der Waals surface area contributed by atoms with Crippen LogP contribution in [0.1, 0.15) is 38.5 Å². The number of halogens is 2. The van der Waals surface area contributed by atoms with E-state index in [1.54, 1.807) is 24.3 Å². The van der Waals surface area contributed by atoms with Crippen LogP contribution in [0.5, 0.6) is 0 Å². The van der Waals surface area contributed by atoms with Gasteiger partial charge in [-0.3, -0.25) is 0 Å². The summed E-state index contributed by atoms with van der Waals surface area (Å²) in [5, 5.41) is 5.62. The molecule has 1 fully saturated rings. The van der Waals surface area contributed by atoms with Gasteiger partial charge in [-0.2, -0.15) is 8.78 Å². The first-order chi connectivity index (χ1) is 10.1. The van der Waals surface area contributed by atoms with Crippen molar-refractivity contribution >= 4 is 23.5 Å². The number of hydrogen-bond donors (Lipinski definition) is 2. The molecule has 0 radical (unpaired) electrons. The average Bonchev–Trinajstić information content (AvgIpc) is 2.69. The molecule has 0 aromatic heterocycles.